The van der Waals surface area contributed by atoms with Gasteiger partial charge in [-0.1, -0.05) is 20.8 Å². The predicted molar refractivity (Wildman–Crippen MR) is 85.1 cm³/mol. The van der Waals surface area contributed by atoms with E-state index in [1.54, 1.807) is 24.2 Å². The number of hydrogen-bond donors (Lipinski definition) is 2. The third-order valence-electron chi connectivity index (χ3n) is 5.64. The van der Waals surface area contributed by atoms with Gasteiger partial charge in [0.25, 0.3) is 0 Å². The molecule has 2 amide bonds. The molecule has 10 heteroatoms. The zero-order valence-electron chi connectivity index (χ0n) is 15.1. The normalized spacial score (nSPS) is 27.8. The fraction of sp³-hybridized carbons (Fsp3) is 0.812. The van der Waals surface area contributed by atoms with E-state index >= 15 is 0 Å². The first kappa shape index (κ1) is 20.5. The summed E-state index contributed by atoms with van der Waals surface area (Å²) < 4.78 is 37.8. The van der Waals surface area contributed by atoms with Crippen molar-refractivity contribution in [3.8, 4) is 0 Å². The number of nitrogens with one attached hydrogen (secondary N) is 1. The number of piperidine rings is 1. The lowest BCUT2D eigenvalue weighted by Crippen LogP contribution is -2.58. The first-order valence-electron chi connectivity index (χ1n) is 8.41. The molecule has 0 aromatic rings. The summed E-state index contributed by atoms with van der Waals surface area (Å²) in [6.45, 7) is 6.05. The standard InChI is InChI=1S/C16H24F3N3O4/c1-5-21(4)7-9(20-14(26)16(17,18)19)12(23)22-6-8-10(15(8,2)3)11(22)13(24)25/h8-11H,5-7H2,1-4H3,(H,20,26)(H,24,25)/t8-,9?,10-,11-/m0/s1. The van der Waals surface area contributed by atoms with Crippen LogP contribution in [0.4, 0.5) is 13.2 Å². The van der Waals surface area contributed by atoms with Gasteiger partial charge in [-0.3, -0.25) is 9.59 Å². The number of carboxylic acids is 1. The van der Waals surface area contributed by atoms with Gasteiger partial charge >= 0.3 is 18.1 Å². The molecule has 1 saturated carbocycles. The van der Waals surface area contributed by atoms with Crippen LogP contribution in [-0.2, 0) is 14.4 Å². The molecule has 1 unspecified atom stereocenters. The molecule has 0 aromatic heterocycles. The Kier molecular flexibility index (Phi) is 5.29. The van der Waals surface area contributed by atoms with E-state index in [1.807, 2.05) is 13.8 Å². The molecule has 2 fully saturated rings. The smallest absolute Gasteiger partial charge is 0.471 e. The number of likely N-dealkylation sites (tertiary alicyclic amines) is 1. The Morgan fingerprint density at radius 3 is 2.38 bits per heavy atom. The molecule has 0 bridgehead atoms. The highest BCUT2D eigenvalue weighted by atomic mass is 19.4. The third kappa shape index (κ3) is 3.65. The Hall–Kier alpha value is -1.84. The molecule has 148 valence electrons. The van der Waals surface area contributed by atoms with E-state index in [-0.39, 0.29) is 30.3 Å². The van der Waals surface area contributed by atoms with Gasteiger partial charge < -0.3 is 20.2 Å². The third-order valence-corrected chi connectivity index (χ3v) is 5.64. The number of carbonyl (C=O) groups is 3. The second-order valence-corrected chi connectivity index (χ2v) is 7.61. The molecule has 1 saturated heterocycles. The van der Waals surface area contributed by atoms with Crippen LogP contribution in [0.3, 0.4) is 0 Å². The number of fused-ring (bicyclic) bond motifs is 1. The molecule has 1 aliphatic carbocycles. The van der Waals surface area contributed by atoms with Gasteiger partial charge in [0.1, 0.15) is 12.1 Å². The lowest BCUT2D eigenvalue weighted by Gasteiger charge is -2.33. The fourth-order valence-corrected chi connectivity index (χ4v) is 3.86. The number of amides is 2. The molecular weight excluding hydrogens is 355 g/mol. The number of likely N-dealkylation sites (N-methyl/N-ethyl adjacent to an activating group) is 1. The molecule has 2 aliphatic rings. The van der Waals surface area contributed by atoms with Crippen LogP contribution in [0, 0.1) is 17.3 Å². The minimum atomic E-state index is -5.12. The Bertz CT molecular complexity index is 608. The van der Waals surface area contributed by atoms with Crippen LogP contribution in [-0.4, -0.2) is 77.6 Å². The van der Waals surface area contributed by atoms with Gasteiger partial charge in [0.15, 0.2) is 0 Å². The van der Waals surface area contributed by atoms with E-state index in [9.17, 15) is 32.7 Å². The maximum atomic E-state index is 12.8. The number of hydrogen-bond acceptors (Lipinski definition) is 4. The van der Waals surface area contributed by atoms with Crippen molar-refractivity contribution in [1.29, 1.82) is 0 Å². The summed E-state index contributed by atoms with van der Waals surface area (Å²) in [5, 5.41) is 11.2. The molecule has 7 nitrogen and oxygen atoms in total. The minimum absolute atomic E-state index is 0.00424. The first-order valence-corrected chi connectivity index (χ1v) is 8.41. The van der Waals surface area contributed by atoms with Gasteiger partial charge in [-0.15, -0.1) is 0 Å². The Labute approximate surface area is 149 Å². The highest BCUT2D eigenvalue weighted by Gasteiger charge is 2.69. The van der Waals surface area contributed by atoms with Crippen LogP contribution in [0.25, 0.3) is 0 Å². The van der Waals surface area contributed by atoms with E-state index in [4.69, 9.17) is 0 Å². The molecule has 1 aliphatic heterocycles. The lowest BCUT2D eigenvalue weighted by atomic mass is 10.0. The minimum Gasteiger partial charge on any atom is -0.480 e. The topological polar surface area (TPSA) is 90.0 Å². The van der Waals surface area contributed by atoms with Gasteiger partial charge in [-0.05, 0) is 24.9 Å². The van der Waals surface area contributed by atoms with Crippen molar-refractivity contribution in [2.24, 2.45) is 17.3 Å². The van der Waals surface area contributed by atoms with Crippen molar-refractivity contribution in [3.63, 3.8) is 0 Å². The van der Waals surface area contributed by atoms with Crippen molar-refractivity contribution >= 4 is 17.8 Å². The second-order valence-electron chi connectivity index (χ2n) is 7.61. The fourth-order valence-electron chi connectivity index (χ4n) is 3.86. The molecule has 0 spiro atoms. The number of halogens is 3. The number of carbonyl (C=O) groups excluding carboxylic acids is 2. The van der Waals surface area contributed by atoms with Crippen molar-refractivity contribution < 1.29 is 32.7 Å². The maximum absolute atomic E-state index is 12.8. The van der Waals surface area contributed by atoms with Crippen LogP contribution in [0.2, 0.25) is 0 Å². The van der Waals surface area contributed by atoms with Crippen LogP contribution in [0.15, 0.2) is 0 Å². The number of nitrogens with zero attached hydrogens (tertiary/aromatic N) is 2. The highest BCUT2D eigenvalue weighted by molar-refractivity contribution is 5.93. The zero-order chi connectivity index (χ0) is 20.0. The summed E-state index contributed by atoms with van der Waals surface area (Å²) in [6, 6.07) is -2.55. The number of carboxylic acid groups (broad SMARTS) is 1. The predicted octanol–water partition coefficient (Wildman–Crippen LogP) is 0.553. The molecule has 0 radical (unpaired) electrons. The largest absolute Gasteiger partial charge is 0.480 e. The van der Waals surface area contributed by atoms with E-state index in [0.717, 1.165) is 4.90 Å². The van der Waals surface area contributed by atoms with E-state index in [0.29, 0.717) is 6.54 Å². The summed E-state index contributed by atoms with van der Waals surface area (Å²) in [4.78, 5) is 38.5. The van der Waals surface area contributed by atoms with Crippen LogP contribution in [0.1, 0.15) is 20.8 Å². The molecular formula is C16H24F3N3O4. The summed E-state index contributed by atoms with van der Waals surface area (Å²) in [5.41, 5.74) is -0.217. The molecule has 26 heavy (non-hydrogen) atoms. The molecule has 0 aromatic carbocycles. The summed E-state index contributed by atoms with van der Waals surface area (Å²) >= 11 is 0. The van der Waals surface area contributed by atoms with Crippen LogP contribution in [0.5, 0.6) is 0 Å². The maximum Gasteiger partial charge on any atom is 0.471 e. The number of alkyl halides is 3. The average Bonchev–Trinajstić information content (AvgIpc) is 2.88. The zero-order valence-corrected chi connectivity index (χ0v) is 15.1. The van der Waals surface area contributed by atoms with Gasteiger partial charge in [-0.2, -0.15) is 13.2 Å². The van der Waals surface area contributed by atoms with Gasteiger partial charge in [0.2, 0.25) is 5.91 Å². The number of aliphatic carboxylic acids is 1. The van der Waals surface area contributed by atoms with E-state index in [2.05, 4.69) is 0 Å². The van der Waals surface area contributed by atoms with Gasteiger partial charge in [-0.25, -0.2) is 4.79 Å². The Morgan fingerprint density at radius 1 is 1.35 bits per heavy atom. The van der Waals surface area contributed by atoms with Gasteiger partial charge in [0, 0.05) is 19.0 Å². The van der Waals surface area contributed by atoms with E-state index < -0.39 is 36.0 Å². The molecule has 1 heterocycles. The monoisotopic (exact) mass is 379 g/mol. The van der Waals surface area contributed by atoms with Crippen molar-refractivity contribution in [2.45, 2.75) is 39.0 Å². The second kappa shape index (κ2) is 6.71. The highest BCUT2D eigenvalue weighted by Crippen LogP contribution is 2.64. The summed E-state index contributed by atoms with van der Waals surface area (Å²) in [7, 11) is 1.60. The van der Waals surface area contributed by atoms with Crippen molar-refractivity contribution in [2.75, 3.05) is 26.7 Å². The quantitative estimate of drug-likeness (QED) is 0.704. The van der Waals surface area contributed by atoms with Crippen molar-refractivity contribution in [3.05, 3.63) is 0 Å². The molecule has 2 N–H and O–H groups in total. The SMILES string of the molecule is CCN(C)CC(NC(=O)C(F)(F)F)C(=O)N1C[C@H]2[C@@H]([C@H]1C(=O)O)C2(C)C. The average molecular weight is 379 g/mol. The number of rotatable bonds is 6. The Morgan fingerprint density at radius 2 is 1.92 bits per heavy atom. The van der Waals surface area contributed by atoms with Crippen molar-refractivity contribution in [1.82, 2.24) is 15.1 Å². The van der Waals surface area contributed by atoms with Crippen LogP contribution >= 0.6 is 0 Å². The van der Waals surface area contributed by atoms with Gasteiger partial charge in [0.05, 0.1) is 0 Å². The van der Waals surface area contributed by atoms with E-state index in [1.165, 1.54) is 0 Å². The van der Waals surface area contributed by atoms with Crippen LogP contribution < -0.4 is 5.32 Å². The molecule has 4 atom stereocenters. The summed E-state index contributed by atoms with van der Waals surface area (Å²) in [5.74, 6) is -4.42. The first-order chi connectivity index (χ1) is 11.8. The molecule has 2 rings (SSSR count). The summed E-state index contributed by atoms with van der Waals surface area (Å²) in [6.07, 6.45) is -5.12. The lowest BCUT2D eigenvalue weighted by molar-refractivity contribution is -0.175. The Balaban J connectivity index is 2.20.